The van der Waals surface area contributed by atoms with E-state index in [-0.39, 0.29) is 5.91 Å². The molecule has 2 aromatic rings. The largest absolute Gasteiger partial charge is 0.328 e. The van der Waals surface area contributed by atoms with E-state index in [2.05, 4.69) is 15.2 Å². The van der Waals surface area contributed by atoms with Gasteiger partial charge in [0.25, 0.3) is 0 Å². The van der Waals surface area contributed by atoms with Crippen LogP contribution < -0.4 is 11.1 Å². The summed E-state index contributed by atoms with van der Waals surface area (Å²) in [5.74, 6) is 0.641. The average Bonchev–Trinajstić information content (AvgIpc) is 3.24. The van der Waals surface area contributed by atoms with Crippen molar-refractivity contribution in [1.82, 2.24) is 9.38 Å². The molecule has 8 heteroatoms. The van der Waals surface area contributed by atoms with Crippen LogP contribution in [0.3, 0.4) is 0 Å². The zero-order valence-electron chi connectivity index (χ0n) is 17.5. The summed E-state index contributed by atoms with van der Waals surface area (Å²) in [6.45, 7) is 9.78. The zero-order valence-corrected chi connectivity index (χ0v) is 19.2. The number of anilines is 1. The number of fused-ring (bicyclic) bond motifs is 1. The van der Waals surface area contributed by atoms with Crippen molar-refractivity contribution in [2.24, 2.45) is 5.73 Å². The molecule has 1 aliphatic rings. The second-order valence-corrected chi connectivity index (χ2v) is 7.13. The molecule has 0 aromatic carbocycles. The molecule has 5 nitrogen and oxygen atoms in total. The predicted molar refractivity (Wildman–Crippen MR) is 112 cm³/mol. The first-order chi connectivity index (χ1) is 13.0. The Morgan fingerprint density at radius 2 is 1.78 bits per heavy atom. The molecule has 158 valence electrons. The summed E-state index contributed by atoms with van der Waals surface area (Å²) in [5.41, 5.74) is 6.83. The maximum Gasteiger partial charge on any atom is 0.229 e. The standard InChI is InChI=1S/C8H9N3OSe.C6H13N.2C2H6.CH2F2/c1-5-3-13-8-7(10-6(2)12)9-4-11(5)8;7-6-4-2-1-3-5-6;2*1-2;2-1-3/h3-4H,1-2H3,(H,10,12);6H,1-5,7H2;2*1-2H3;1H2. The Kier molecular flexibility index (Phi) is 18.8. The van der Waals surface area contributed by atoms with Crippen LogP contribution in [-0.4, -0.2) is 42.8 Å². The van der Waals surface area contributed by atoms with Gasteiger partial charge in [-0.15, -0.1) is 0 Å². The normalized spacial score (nSPS) is 12.8. The molecular weight excluding hydrogens is 417 g/mol. The van der Waals surface area contributed by atoms with Gasteiger partial charge in [-0.2, -0.15) is 0 Å². The van der Waals surface area contributed by atoms with Crippen molar-refractivity contribution in [3.63, 3.8) is 0 Å². The molecule has 0 spiro atoms. The van der Waals surface area contributed by atoms with Gasteiger partial charge in [-0.25, -0.2) is 8.78 Å². The van der Waals surface area contributed by atoms with Crippen LogP contribution in [0.1, 0.15) is 72.4 Å². The number of aryl methyl sites for hydroxylation is 1. The minimum atomic E-state index is -1.75. The van der Waals surface area contributed by atoms with E-state index in [4.69, 9.17) is 5.73 Å². The Labute approximate surface area is 168 Å². The smallest absolute Gasteiger partial charge is 0.229 e. The quantitative estimate of drug-likeness (QED) is 0.605. The molecule has 0 atom stereocenters. The summed E-state index contributed by atoms with van der Waals surface area (Å²) < 4.78 is 22.4. The van der Waals surface area contributed by atoms with Crippen molar-refractivity contribution in [1.29, 1.82) is 0 Å². The number of hydrogen-bond acceptors (Lipinski definition) is 3. The zero-order chi connectivity index (χ0) is 21.2. The van der Waals surface area contributed by atoms with E-state index < -0.39 is 6.93 Å². The van der Waals surface area contributed by atoms with Gasteiger partial charge in [0.1, 0.15) is 0 Å². The second-order valence-electron chi connectivity index (χ2n) is 5.33. The average molecular weight is 453 g/mol. The van der Waals surface area contributed by atoms with Crippen molar-refractivity contribution in [2.45, 2.75) is 79.7 Å². The summed E-state index contributed by atoms with van der Waals surface area (Å²) in [4.78, 5) is 17.1. The van der Waals surface area contributed by atoms with Gasteiger partial charge in [-0.05, 0) is 12.8 Å². The fourth-order valence-electron chi connectivity index (χ4n) is 2.29. The van der Waals surface area contributed by atoms with Gasteiger partial charge in [0.05, 0.1) is 0 Å². The number of alkyl halides is 2. The molecule has 3 N–H and O–H groups in total. The number of carbonyl (C=O) groups excluding carboxylic acids is 1. The first-order valence-corrected chi connectivity index (χ1v) is 11.4. The molecule has 0 saturated heterocycles. The number of nitrogens with zero attached hydrogens (tertiary/aromatic N) is 2. The van der Waals surface area contributed by atoms with Gasteiger partial charge in [-0.3, -0.25) is 0 Å². The third-order valence-electron chi connectivity index (χ3n) is 3.39. The maximum absolute atomic E-state index is 10.8. The Balaban J connectivity index is 0. The van der Waals surface area contributed by atoms with E-state index in [1.165, 1.54) is 44.7 Å². The van der Waals surface area contributed by atoms with E-state index in [0.29, 0.717) is 26.4 Å². The summed E-state index contributed by atoms with van der Waals surface area (Å²) in [6, 6.07) is 0.536. The molecule has 2 heterocycles. The van der Waals surface area contributed by atoms with Crippen LogP contribution in [0.25, 0.3) is 4.39 Å². The molecule has 0 bridgehead atoms. The predicted octanol–water partition coefficient (Wildman–Crippen LogP) is 4.87. The molecule has 1 amide bonds. The fraction of sp³-hybridized carbons (Fsp3) is 0.684. The number of nitrogens with two attached hydrogens (primary N) is 1. The van der Waals surface area contributed by atoms with Crippen LogP contribution in [0.4, 0.5) is 14.6 Å². The molecular formula is C19H36F2N4OSe. The Morgan fingerprint density at radius 1 is 1.26 bits per heavy atom. The first kappa shape index (κ1) is 28.0. The molecule has 1 aliphatic carbocycles. The van der Waals surface area contributed by atoms with E-state index >= 15 is 0 Å². The molecule has 0 aliphatic heterocycles. The van der Waals surface area contributed by atoms with Crippen molar-refractivity contribution in [3.05, 3.63) is 17.0 Å². The minimum Gasteiger partial charge on any atom is -0.328 e. The number of nitrogens with one attached hydrogen (secondary N) is 1. The van der Waals surface area contributed by atoms with Crippen LogP contribution in [0.15, 0.2) is 11.3 Å². The van der Waals surface area contributed by atoms with Crippen LogP contribution in [0.5, 0.6) is 0 Å². The molecule has 1 fully saturated rings. The third kappa shape index (κ3) is 12.0. The fourth-order valence-corrected chi connectivity index (χ4v) is 4.21. The van der Waals surface area contributed by atoms with Crippen LogP contribution in [-0.2, 0) is 4.79 Å². The van der Waals surface area contributed by atoms with Crippen LogP contribution in [0, 0.1) is 6.92 Å². The Hall–Kier alpha value is -1.24. The molecule has 0 unspecified atom stereocenters. The number of carbonyl (C=O) groups is 1. The third-order valence-corrected chi connectivity index (χ3v) is 5.64. The van der Waals surface area contributed by atoms with Gasteiger partial charge in [-0.1, -0.05) is 47.0 Å². The van der Waals surface area contributed by atoms with E-state index in [1.54, 1.807) is 6.33 Å². The topological polar surface area (TPSA) is 72.4 Å². The number of rotatable bonds is 1. The van der Waals surface area contributed by atoms with Gasteiger partial charge >= 0.3 is 80.9 Å². The number of aromatic nitrogens is 2. The number of hydrogen-bond donors (Lipinski definition) is 2. The molecule has 2 aromatic heterocycles. The van der Waals surface area contributed by atoms with Gasteiger partial charge in [0.2, 0.25) is 6.93 Å². The molecule has 27 heavy (non-hydrogen) atoms. The van der Waals surface area contributed by atoms with E-state index in [0.717, 1.165) is 4.39 Å². The number of amides is 1. The first-order valence-electron chi connectivity index (χ1n) is 9.55. The molecule has 3 rings (SSSR count). The van der Waals surface area contributed by atoms with Gasteiger partial charge < -0.3 is 5.73 Å². The molecule has 0 radical (unpaired) electrons. The summed E-state index contributed by atoms with van der Waals surface area (Å²) in [5, 5.41) is 2.72. The molecule has 1 saturated carbocycles. The van der Waals surface area contributed by atoms with Gasteiger partial charge in [0, 0.05) is 6.04 Å². The van der Waals surface area contributed by atoms with Gasteiger partial charge in [0.15, 0.2) is 0 Å². The summed E-state index contributed by atoms with van der Waals surface area (Å²) in [7, 11) is 0. The van der Waals surface area contributed by atoms with Crippen LogP contribution >= 0.6 is 0 Å². The number of halogens is 2. The van der Waals surface area contributed by atoms with Crippen molar-refractivity contribution >= 4 is 30.6 Å². The summed E-state index contributed by atoms with van der Waals surface area (Å²) in [6.07, 6.45) is 8.41. The summed E-state index contributed by atoms with van der Waals surface area (Å²) >= 11 is 0.304. The Bertz CT molecular complexity index is 596. The van der Waals surface area contributed by atoms with Crippen molar-refractivity contribution < 1.29 is 13.6 Å². The minimum absolute atomic E-state index is 0.0677. The van der Waals surface area contributed by atoms with E-state index in [9.17, 15) is 13.6 Å². The SMILES string of the molecule is CC.CC.CC(=O)Nc1ncn2c(C)c[se]c12.FCF.NC1CCCCC1. The second kappa shape index (κ2) is 18.1. The van der Waals surface area contributed by atoms with Crippen molar-refractivity contribution in [2.75, 3.05) is 12.2 Å². The number of imidazole rings is 1. The maximum atomic E-state index is 10.8. The monoisotopic (exact) mass is 454 g/mol. The Morgan fingerprint density at radius 3 is 2.19 bits per heavy atom. The van der Waals surface area contributed by atoms with Crippen molar-refractivity contribution in [3.8, 4) is 0 Å². The van der Waals surface area contributed by atoms with Crippen LogP contribution in [0.2, 0.25) is 0 Å². The van der Waals surface area contributed by atoms with E-state index in [1.807, 2.05) is 39.0 Å².